The summed E-state index contributed by atoms with van der Waals surface area (Å²) in [5.41, 5.74) is 0. The van der Waals surface area contributed by atoms with Crippen LogP contribution in [0.2, 0.25) is 0 Å². The van der Waals surface area contributed by atoms with Crippen molar-refractivity contribution in [3.05, 3.63) is 91.0 Å². The number of rotatable bonds is 3. The average molecular weight is 258 g/mol. The van der Waals surface area contributed by atoms with Gasteiger partial charge in [0.25, 0.3) is 0 Å². The summed E-state index contributed by atoms with van der Waals surface area (Å²) in [6.07, 6.45) is 0. The first kappa shape index (κ1) is 12.2. The number of hydrogen-bond acceptors (Lipinski definition) is 0. The summed E-state index contributed by atoms with van der Waals surface area (Å²) in [5, 5.41) is 0. The highest BCUT2D eigenvalue weighted by Crippen LogP contribution is 1.95. The number of hydrogen-bond donors (Lipinski definition) is 0. The molecule has 0 aliphatic heterocycles. The predicted molar refractivity (Wildman–Crippen MR) is 84.0 cm³/mol. The molecule has 0 saturated heterocycles. The first-order valence-electron chi connectivity index (χ1n) is 6.60. The molecule has 0 radical (unpaired) electrons. The molecule has 0 aromatic heterocycles. The molecule has 0 nitrogen and oxygen atoms in total. The van der Waals surface area contributed by atoms with Gasteiger partial charge < -0.3 is 0 Å². The van der Waals surface area contributed by atoms with E-state index in [1.807, 2.05) is 0 Å². The van der Waals surface area contributed by atoms with Crippen molar-refractivity contribution in [3.8, 4) is 0 Å². The van der Waals surface area contributed by atoms with Crippen molar-refractivity contribution in [3.63, 3.8) is 0 Å². The van der Waals surface area contributed by atoms with E-state index in [0.29, 0.717) is 0 Å². The van der Waals surface area contributed by atoms with Crippen molar-refractivity contribution in [1.82, 2.24) is 0 Å². The van der Waals surface area contributed by atoms with Crippen molar-refractivity contribution in [1.29, 1.82) is 0 Å². The van der Waals surface area contributed by atoms with Crippen LogP contribution in [-0.4, -0.2) is 14.1 Å². The van der Waals surface area contributed by atoms with Crippen LogP contribution in [0.3, 0.4) is 0 Å². The molecule has 0 aliphatic rings. The fourth-order valence-corrected chi connectivity index (χ4v) is 5.49. The molecule has 0 aliphatic carbocycles. The Balaban J connectivity index is 2.12. The summed E-state index contributed by atoms with van der Waals surface area (Å²) < 4.78 is 4.42. The van der Waals surface area contributed by atoms with Gasteiger partial charge in [0.2, 0.25) is 0 Å². The van der Waals surface area contributed by atoms with Gasteiger partial charge in [0, 0.05) is 0 Å². The van der Waals surface area contributed by atoms with E-state index in [-0.39, 0.29) is 0 Å². The van der Waals surface area contributed by atoms with Crippen LogP contribution in [0.15, 0.2) is 91.0 Å². The van der Waals surface area contributed by atoms with Crippen LogP contribution < -0.4 is 13.3 Å². The van der Waals surface area contributed by atoms with Crippen molar-refractivity contribution in [2.75, 3.05) is 0 Å². The SMILES string of the molecule is c1cc[c]([Al]([c]2ccccc2)[c]2ccccc2)cc1. The van der Waals surface area contributed by atoms with Gasteiger partial charge in [-0.15, -0.1) is 0 Å². The molecule has 3 aromatic rings. The molecular formula is C18H15Al. The summed E-state index contributed by atoms with van der Waals surface area (Å²) in [4.78, 5) is 0. The second-order valence-electron chi connectivity index (χ2n) is 4.67. The van der Waals surface area contributed by atoms with E-state index in [4.69, 9.17) is 0 Å². The van der Waals surface area contributed by atoms with Crippen LogP contribution in [0.5, 0.6) is 0 Å². The fraction of sp³-hybridized carbons (Fsp3) is 0. The Labute approximate surface area is 118 Å². The van der Waals surface area contributed by atoms with E-state index in [1.165, 1.54) is 13.3 Å². The number of benzene rings is 3. The largest absolute Gasteiger partial charge is 0.383 e. The first-order chi connectivity index (χ1) is 9.45. The third-order valence-corrected chi connectivity index (χ3v) is 6.55. The van der Waals surface area contributed by atoms with Gasteiger partial charge in [-0.1, -0.05) is 104 Å². The minimum atomic E-state index is -1.31. The maximum atomic E-state index is 2.26. The fourth-order valence-electron chi connectivity index (χ4n) is 2.51. The standard InChI is InChI=1S/3C6H5.Al/c3*1-2-4-6-5-3-1;/h3*1-5H;. The quantitative estimate of drug-likeness (QED) is 0.632. The highest BCUT2D eigenvalue weighted by atomic mass is 27.2. The zero-order valence-corrected chi connectivity index (χ0v) is 11.9. The summed E-state index contributed by atoms with van der Waals surface area (Å²) in [5.74, 6) is 0. The highest BCUT2D eigenvalue weighted by Gasteiger charge is 2.23. The van der Waals surface area contributed by atoms with Gasteiger partial charge in [-0.2, -0.15) is 0 Å². The maximum absolute atomic E-state index is 2.26. The second kappa shape index (κ2) is 5.89. The van der Waals surface area contributed by atoms with E-state index >= 15 is 0 Å². The van der Waals surface area contributed by atoms with Crippen LogP contribution >= 0.6 is 0 Å². The van der Waals surface area contributed by atoms with E-state index in [0.717, 1.165) is 0 Å². The molecule has 1 heteroatoms. The second-order valence-corrected chi connectivity index (χ2v) is 7.53. The average Bonchev–Trinajstić information content (AvgIpc) is 2.51. The normalized spacial score (nSPS) is 10.1. The lowest BCUT2D eigenvalue weighted by atomic mass is 10.3. The lowest BCUT2D eigenvalue weighted by molar-refractivity contribution is 1.71. The molecule has 0 fully saturated rings. The molecule has 0 bridgehead atoms. The lowest BCUT2D eigenvalue weighted by Gasteiger charge is -2.13. The molecule has 90 valence electrons. The topological polar surface area (TPSA) is 0 Å². The molecule has 3 rings (SSSR count). The Morgan fingerprint density at radius 3 is 0.895 bits per heavy atom. The van der Waals surface area contributed by atoms with Gasteiger partial charge in [0.05, 0.1) is 0 Å². The summed E-state index contributed by atoms with van der Waals surface area (Å²) in [7, 11) is 0. The van der Waals surface area contributed by atoms with Crippen molar-refractivity contribution in [2.45, 2.75) is 0 Å². The van der Waals surface area contributed by atoms with Gasteiger partial charge in [-0.05, 0) is 0 Å². The predicted octanol–water partition coefficient (Wildman–Crippen LogP) is 2.20. The zero-order chi connectivity index (χ0) is 12.9. The first-order valence-corrected chi connectivity index (χ1v) is 8.33. The molecule has 0 amide bonds. The van der Waals surface area contributed by atoms with Crippen LogP contribution in [0.25, 0.3) is 0 Å². The van der Waals surface area contributed by atoms with Crippen molar-refractivity contribution >= 4 is 27.4 Å². The Bertz CT molecular complexity index is 524. The summed E-state index contributed by atoms with van der Waals surface area (Å²) in [6, 6.07) is 32.7. The van der Waals surface area contributed by atoms with E-state index in [2.05, 4.69) is 91.0 Å². The Hall–Kier alpha value is -1.81. The molecule has 3 aromatic carbocycles. The Morgan fingerprint density at radius 1 is 0.368 bits per heavy atom. The Kier molecular flexibility index (Phi) is 3.79. The van der Waals surface area contributed by atoms with Gasteiger partial charge in [-0.25, -0.2) is 0 Å². The van der Waals surface area contributed by atoms with Crippen molar-refractivity contribution < 1.29 is 0 Å². The molecule has 0 saturated carbocycles. The van der Waals surface area contributed by atoms with Gasteiger partial charge in [0.1, 0.15) is 0 Å². The van der Waals surface area contributed by atoms with Gasteiger partial charge in [-0.3, -0.25) is 0 Å². The smallest absolute Gasteiger partial charge is 0.0986 e. The minimum absolute atomic E-state index is 1.31. The van der Waals surface area contributed by atoms with E-state index < -0.39 is 14.1 Å². The molecule has 0 N–H and O–H groups in total. The molecule has 0 heterocycles. The highest BCUT2D eigenvalue weighted by molar-refractivity contribution is 6.95. The lowest BCUT2D eigenvalue weighted by Crippen LogP contribution is -2.51. The monoisotopic (exact) mass is 258 g/mol. The van der Waals surface area contributed by atoms with Crippen LogP contribution in [0, 0.1) is 0 Å². The molecular weight excluding hydrogens is 243 g/mol. The molecule has 0 spiro atoms. The minimum Gasteiger partial charge on any atom is -0.0986 e. The van der Waals surface area contributed by atoms with Crippen LogP contribution in [-0.2, 0) is 0 Å². The van der Waals surface area contributed by atoms with Crippen LogP contribution in [0.1, 0.15) is 0 Å². The Morgan fingerprint density at radius 2 is 0.632 bits per heavy atom. The molecule has 19 heavy (non-hydrogen) atoms. The maximum Gasteiger partial charge on any atom is 0.383 e. The molecule has 0 unspecified atom stereocenters. The van der Waals surface area contributed by atoms with Crippen LogP contribution in [0.4, 0.5) is 0 Å². The third-order valence-electron chi connectivity index (χ3n) is 3.40. The third kappa shape index (κ3) is 2.79. The van der Waals surface area contributed by atoms with E-state index in [1.54, 1.807) is 0 Å². The van der Waals surface area contributed by atoms with Crippen molar-refractivity contribution in [2.24, 2.45) is 0 Å². The summed E-state index contributed by atoms with van der Waals surface area (Å²) in [6.45, 7) is 0. The van der Waals surface area contributed by atoms with Gasteiger partial charge >= 0.3 is 14.1 Å². The molecule has 0 atom stereocenters. The van der Waals surface area contributed by atoms with Gasteiger partial charge in [0.15, 0.2) is 0 Å². The van der Waals surface area contributed by atoms with E-state index in [9.17, 15) is 0 Å². The zero-order valence-electron chi connectivity index (χ0n) is 10.7. The summed E-state index contributed by atoms with van der Waals surface area (Å²) >= 11 is -1.31.